The molecular weight excluding hydrogens is 336 g/mol. The first-order valence-corrected chi connectivity index (χ1v) is 9.34. The lowest BCUT2D eigenvalue weighted by Crippen LogP contribution is -2.36. The van der Waals surface area contributed by atoms with Crippen molar-refractivity contribution in [1.29, 1.82) is 0 Å². The SMILES string of the molecule is CC(C)(C)C(=O)OC(=O)C(CCC1CCCC1)C(=O)OC(=O)C(C)(C)C. The van der Waals surface area contributed by atoms with E-state index in [0.29, 0.717) is 12.3 Å². The number of hydrogen-bond donors (Lipinski definition) is 0. The zero-order chi connectivity index (χ0) is 20.1. The monoisotopic (exact) mass is 368 g/mol. The summed E-state index contributed by atoms with van der Waals surface area (Å²) in [5, 5.41) is 0. The molecule has 0 aromatic carbocycles. The highest BCUT2D eigenvalue weighted by molar-refractivity contribution is 6.03. The lowest BCUT2D eigenvalue weighted by atomic mass is 9.93. The highest BCUT2D eigenvalue weighted by Crippen LogP contribution is 2.31. The van der Waals surface area contributed by atoms with E-state index in [9.17, 15) is 19.2 Å². The van der Waals surface area contributed by atoms with Crippen LogP contribution in [0.25, 0.3) is 0 Å². The second-order valence-corrected chi connectivity index (χ2v) is 9.20. The van der Waals surface area contributed by atoms with Crippen LogP contribution in [0.4, 0.5) is 0 Å². The summed E-state index contributed by atoms with van der Waals surface area (Å²) in [6.45, 7) is 9.74. The first-order valence-electron chi connectivity index (χ1n) is 9.34. The molecule has 0 spiro atoms. The Hall–Kier alpha value is -1.72. The predicted octanol–water partition coefficient (Wildman–Crippen LogP) is 3.80. The minimum Gasteiger partial charge on any atom is -0.392 e. The highest BCUT2D eigenvalue weighted by atomic mass is 16.6. The molecule has 0 atom stereocenters. The summed E-state index contributed by atoms with van der Waals surface area (Å²) >= 11 is 0. The van der Waals surface area contributed by atoms with Crippen LogP contribution in [0.15, 0.2) is 0 Å². The Bertz CT molecular complexity index is 504. The molecule has 0 aromatic rings. The summed E-state index contributed by atoms with van der Waals surface area (Å²) < 4.78 is 9.78. The van der Waals surface area contributed by atoms with Gasteiger partial charge >= 0.3 is 23.9 Å². The maximum atomic E-state index is 12.4. The van der Waals surface area contributed by atoms with Crippen LogP contribution in [-0.4, -0.2) is 23.9 Å². The fourth-order valence-corrected chi connectivity index (χ4v) is 2.66. The first kappa shape index (κ1) is 22.3. The number of esters is 4. The number of ether oxygens (including phenoxy) is 2. The molecule has 0 unspecified atom stereocenters. The standard InChI is InChI=1S/C20H32O6/c1-19(2,3)17(23)25-15(21)14(12-11-13-9-7-8-10-13)16(22)26-18(24)20(4,5)6/h13-14H,7-12H2,1-6H3. The zero-order valence-electron chi connectivity index (χ0n) is 16.8. The van der Waals surface area contributed by atoms with Crippen LogP contribution in [0.1, 0.15) is 80.1 Å². The number of carbonyl (C=O) groups excluding carboxylic acids is 4. The minimum absolute atomic E-state index is 0.219. The summed E-state index contributed by atoms with van der Waals surface area (Å²) in [5.74, 6) is -4.08. The predicted molar refractivity (Wildman–Crippen MR) is 95.8 cm³/mol. The van der Waals surface area contributed by atoms with Crippen LogP contribution < -0.4 is 0 Å². The third-order valence-corrected chi connectivity index (χ3v) is 4.52. The molecule has 0 amide bonds. The van der Waals surface area contributed by atoms with Crippen molar-refractivity contribution in [1.82, 2.24) is 0 Å². The van der Waals surface area contributed by atoms with Gasteiger partial charge in [0.15, 0.2) is 5.92 Å². The van der Waals surface area contributed by atoms with E-state index in [1.165, 1.54) is 0 Å². The lowest BCUT2D eigenvalue weighted by molar-refractivity contribution is -0.176. The lowest BCUT2D eigenvalue weighted by Gasteiger charge is -2.21. The molecule has 148 valence electrons. The van der Waals surface area contributed by atoms with Crippen LogP contribution in [0.5, 0.6) is 0 Å². The second-order valence-electron chi connectivity index (χ2n) is 9.20. The van der Waals surface area contributed by atoms with E-state index in [4.69, 9.17) is 9.47 Å². The largest absolute Gasteiger partial charge is 0.392 e. The third kappa shape index (κ3) is 6.89. The molecule has 1 aliphatic rings. The van der Waals surface area contributed by atoms with Gasteiger partial charge in [-0.3, -0.25) is 19.2 Å². The molecule has 1 rings (SSSR count). The maximum absolute atomic E-state index is 12.4. The maximum Gasteiger partial charge on any atom is 0.327 e. The quantitative estimate of drug-likeness (QED) is 0.542. The molecule has 0 heterocycles. The first-order chi connectivity index (χ1) is 11.8. The van der Waals surface area contributed by atoms with Crippen LogP contribution in [-0.2, 0) is 28.7 Å². The van der Waals surface area contributed by atoms with E-state index in [0.717, 1.165) is 25.7 Å². The number of hydrogen-bond acceptors (Lipinski definition) is 6. The molecule has 0 N–H and O–H groups in total. The fourth-order valence-electron chi connectivity index (χ4n) is 2.66. The summed E-state index contributed by atoms with van der Waals surface area (Å²) in [6.07, 6.45) is 5.32. The smallest absolute Gasteiger partial charge is 0.327 e. The van der Waals surface area contributed by atoms with Crippen molar-refractivity contribution in [2.75, 3.05) is 0 Å². The van der Waals surface area contributed by atoms with Gasteiger partial charge in [-0.05, 0) is 60.3 Å². The molecule has 1 fully saturated rings. The average Bonchev–Trinajstić information content (AvgIpc) is 2.98. The van der Waals surface area contributed by atoms with Crippen LogP contribution >= 0.6 is 0 Å². The van der Waals surface area contributed by atoms with Gasteiger partial charge in [0.2, 0.25) is 0 Å². The van der Waals surface area contributed by atoms with Gasteiger partial charge in [-0.25, -0.2) is 0 Å². The molecule has 26 heavy (non-hydrogen) atoms. The molecule has 0 bridgehead atoms. The minimum atomic E-state index is -1.26. The summed E-state index contributed by atoms with van der Waals surface area (Å²) in [5.41, 5.74) is -1.73. The molecule has 6 heteroatoms. The van der Waals surface area contributed by atoms with E-state index in [1.54, 1.807) is 41.5 Å². The van der Waals surface area contributed by atoms with Gasteiger partial charge in [0.25, 0.3) is 0 Å². The summed E-state index contributed by atoms with van der Waals surface area (Å²) in [4.78, 5) is 48.8. The molecular formula is C20H32O6. The van der Waals surface area contributed by atoms with Gasteiger partial charge in [-0.1, -0.05) is 25.7 Å². The van der Waals surface area contributed by atoms with Gasteiger partial charge < -0.3 is 9.47 Å². The number of carbonyl (C=O) groups is 4. The molecule has 0 aromatic heterocycles. The van der Waals surface area contributed by atoms with Crippen LogP contribution in [0, 0.1) is 22.7 Å². The normalized spacial score (nSPS) is 15.8. The van der Waals surface area contributed by atoms with Crippen molar-refractivity contribution < 1.29 is 28.7 Å². The van der Waals surface area contributed by atoms with E-state index in [1.807, 2.05) is 0 Å². The Morgan fingerprint density at radius 2 is 1.19 bits per heavy atom. The van der Waals surface area contributed by atoms with Gasteiger partial charge in [-0.2, -0.15) is 0 Å². The van der Waals surface area contributed by atoms with Gasteiger partial charge in [0.05, 0.1) is 10.8 Å². The van der Waals surface area contributed by atoms with E-state index >= 15 is 0 Å². The number of rotatable bonds is 5. The summed E-state index contributed by atoms with van der Waals surface area (Å²) in [7, 11) is 0. The average molecular weight is 368 g/mol. The van der Waals surface area contributed by atoms with Crippen molar-refractivity contribution in [3.63, 3.8) is 0 Å². The second kappa shape index (κ2) is 8.78. The van der Waals surface area contributed by atoms with Crippen molar-refractivity contribution in [2.45, 2.75) is 80.1 Å². The van der Waals surface area contributed by atoms with E-state index < -0.39 is 40.6 Å². The van der Waals surface area contributed by atoms with E-state index in [2.05, 4.69) is 0 Å². The Morgan fingerprint density at radius 1 is 0.808 bits per heavy atom. The van der Waals surface area contributed by atoms with Crippen molar-refractivity contribution in [2.24, 2.45) is 22.7 Å². The van der Waals surface area contributed by atoms with Gasteiger partial charge in [0, 0.05) is 0 Å². The molecule has 1 aliphatic carbocycles. The van der Waals surface area contributed by atoms with E-state index in [-0.39, 0.29) is 6.42 Å². The van der Waals surface area contributed by atoms with Crippen molar-refractivity contribution in [3.05, 3.63) is 0 Å². The van der Waals surface area contributed by atoms with Crippen LogP contribution in [0.2, 0.25) is 0 Å². The third-order valence-electron chi connectivity index (χ3n) is 4.52. The molecule has 0 aliphatic heterocycles. The Morgan fingerprint density at radius 3 is 1.54 bits per heavy atom. The molecule has 6 nitrogen and oxygen atoms in total. The fraction of sp³-hybridized carbons (Fsp3) is 0.800. The zero-order valence-corrected chi connectivity index (χ0v) is 16.8. The van der Waals surface area contributed by atoms with Gasteiger partial charge in [-0.15, -0.1) is 0 Å². The van der Waals surface area contributed by atoms with Crippen molar-refractivity contribution >= 4 is 23.9 Å². The molecule has 0 radical (unpaired) electrons. The Kier molecular flexibility index (Phi) is 7.54. The Balaban J connectivity index is 2.82. The van der Waals surface area contributed by atoms with Gasteiger partial charge in [0.1, 0.15) is 0 Å². The van der Waals surface area contributed by atoms with Crippen LogP contribution in [0.3, 0.4) is 0 Å². The van der Waals surface area contributed by atoms with Crippen molar-refractivity contribution in [3.8, 4) is 0 Å². The molecule has 0 saturated heterocycles. The Labute approximate surface area is 156 Å². The summed E-state index contributed by atoms with van der Waals surface area (Å²) in [6, 6.07) is 0. The highest BCUT2D eigenvalue weighted by Gasteiger charge is 2.37. The molecule has 1 saturated carbocycles. The topological polar surface area (TPSA) is 86.7 Å².